The van der Waals surface area contributed by atoms with Gasteiger partial charge in [0.1, 0.15) is 0 Å². The molecule has 0 aliphatic rings. The summed E-state index contributed by atoms with van der Waals surface area (Å²) in [5.41, 5.74) is 5.91. The summed E-state index contributed by atoms with van der Waals surface area (Å²) in [5, 5.41) is 0. The van der Waals surface area contributed by atoms with Gasteiger partial charge in [-0.2, -0.15) is 0 Å². The van der Waals surface area contributed by atoms with Crippen LogP contribution in [-0.4, -0.2) is 12.4 Å². The van der Waals surface area contributed by atoms with Gasteiger partial charge < -0.3 is 0 Å². The van der Waals surface area contributed by atoms with E-state index in [4.69, 9.17) is 0 Å². The number of halogens is 1. The largest absolute Gasteiger partial charge is 0.268 e. The molecule has 1 aromatic heterocycles. The lowest BCUT2D eigenvalue weighted by atomic mass is 10.0. The molecule has 0 N–H and O–H groups in total. The molecule has 5 rings (SSSR count). The molecule has 0 radical (unpaired) electrons. The fourth-order valence-corrected chi connectivity index (χ4v) is 6.99. The molecule has 5 aromatic rings. The van der Waals surface area contributed by atoms with E-state index in [2.05, 4.69) is 22.6 Å². The maximum atomic E-state index is 14.3. The minimum atomic E-state index is -3.91. The van der Waals surface area contributed by atoms with E-state index in [9.17, 15) is 8.42 Å². The summed E-state index contributed by atoms with van der Waals surface area (Å²) >= 11 is 2.30. The molecule has 0 amide bonds. The molecule has 0 saturated carbocycles. The van der Waals surface area contributed by atoms with Gasteiger partial charge in [-0.25, -0.2) is 12.4 Å². The van der Waals surface area contributed by atoms with Crippen LogP contribution in [0, 0.1) is 10.5 Å². The van der Waals surface area contributed by atoms with E-state index >= 15 is 0 Å². The number of hydrogen-bond acceptors (Lipinski definition) is 2. The van der Waals surface area contributed by atoms with E-state index in [1.54, 1.807) is 12.1 Å². The molecular weight excluding hydrogens is 553 g/mol. The lowest BCUT2D eigenvalue weighted by Gasteiger charge is -2.16. The van der Waals surface area contributed by atoms with Crippen molar-refractivity contribution in [3.8, 4) is 33.6 Å². The van der Waals surface area contributed by atoms with Crippen LogP contribution in [0.3, 0.4) is 0 Å². The standard InChI is InChI=1S/C29H22INO2S/c1-21-17-19-25(20-18-21)34(32,33)31-28(23-13-7-3-8-14-23)26(22-11-5-2-6-12-22)27(30)29(31)24-15-9-4-10-16-24/h2-20H,1H3. The van der Waals surface area contributed by atoms with Crippen molar-refractivity contribution in [2.45, 2.75) is 11.8 Å². The Balaban J connectivity index is 1.95. The maximum absolute atomic E-state index is 14.3. The Morgan fingerprint density at radius 3 is 1.53 bits per heavy atom. The molecule has 1 heterocycles. The van der Waals surface area contributed by atoms with E-state index in [1.807, 2.05) is 110 Å². The summed E-state index contributed by atoms with van der Waals surface area (Å²) in [4.78, 5) is 0.262. The van der Waals surface area contributed by atoms with E-state index in [0.717, 1.165) is 31.4 Å². The highest BCUT2D eigenvalue weighted by atomic mass is 127. The summed E-state index contributed by atoms with van der Waals surface area (Å²) in [5.74, 6) is 0. The van der Waals surface area contributed by atoms with E-state index in [1.165, 1.54) is 3.97 Å². The van der Waals surface area contributed by atoms with Gasteiger partial charge in [-0.05, 0) is 52.8 Å². The molecular formula is C29H22INO2S. The van der Waals surface area contributed by atoms with Crippen LogP contribution < -0.4 is 0 Å². The van der Waals surface area contributed by atoms with Gasteiger partial charge in [-0.15, -0.1) is 0 Å². The Morgan fingerprint density at radius 2 is 1.03 bits per heavy atom. The van der Waals surface area contributed by atoms with Gasteiger partial charge in [-0.3, -0.25) is 0 Å². The van der Waals surface area contributed by atoms with Crippen molar-refractivity contribution >= 4 is 32.6 Å². The summed E-state index contributed by atoms with van der Waals surface area (Å²) in [6.07, 6.45) is 0. The van der Waals surface area contributed by atoms with E-state index in [-0.39, 0.29) is 4.90 Å². The fourth-order valence-electron chi connectivity index (χ4n) is 4.15. The van der Waals surface area contributed by atoms with Crippen LogP contribution >= 0.6 is 22.6 Å². The average molecular weight is 575 g/mol. The highest BCUT2D eigenvalue weighted by molar-refractivity contribution is 14.1. The Morgan fingerprint density at radius 1 is 0.588 bits per heavy atom. The van der Waals surface area contributed by atoms with Crippen LogP contribution in [-0.2, 0) is 10.0 Å². The minimum Gasteiger partial charge on any atom is -0.232 e. The monoisotopic (exact) mass is 575 g/mol. The van der Waals surface area contributed by atoms with Crippen LogP contribution in [0.5, 0.6) is 0 Å². The van der Waals surface area contributed by atoms with Crippen LogP contribution in [0.1, 0.15) is 5.56 Å². The van der Waals surface area contributed by atoms with Gasteiger partial charge >= 0.3 is 0 Å². The second kappa shape index (κ2) is 9.24. The molecule has 0 aliphatic heterocycles. The molecule has 0 fully saturated rings. The minimum absolute atomic E-state index is 0.262. The third-order valence-corrected chi connectivity index (χ3v) is 8.55. The van der Waals surface area contributed by atoms with Crippen LogP contribution in [0.4, 0.5) is 0 Å². The van der Waals surface area contributed by atoms with Crippen LogP contribution in [0.15, 0.2) is 120 Å². The second-order valence-electron chi connectivity index (χ2n) is 8.07. The highest BCUT2D eigenvalue weighted by Gasteiger charge is 2.31. The fraction of sp³-hybridized carbons (Fsp3) is 0.0345. The molecule has 0 spiro atoms. The Bertz CT molecular complexity index is 1540. The third-order valence-electron chi connectivity index (χ3n) is 5.79. The number of aromatic nitrogens is 1. The Labute approximate surface area is 213 Å². The molecule has 34 heavy (non-hydrogen) atoms. The average Bonchev–Trinajstić information content (AvgIpc) is 3.19. The first-order chi connectivity index (χ1) is 16.5. The van der Waals surface area contributed by atoms with Gasteiger partial charge in [-0.1, -0.05) is 109 Å². The van der Waals surface area contributed by atoms with Gasteiger partial charge in [0.25, 0.3) is 10.0 Å². The van der Waals surface area contributed by atoms with Crippen molar-refractivity contribution in [1.82, 2.24) is 3.97 Å². The van der Waals surface area contributed by atoms with Gasteiger partial charge in [0.2, 0.25) is 0 Å². The first kappa shape index (κ1) is 22.6. The summed E-state index contributed by atoms with van der Waals surface area (Å²) in [6, 6.07) is 36.5. The molecule has 5 heteroatoms. The second-order valence-corrected chi connectivity index (χ2v) is 10.9. The Kier molecular flexibility index (Phi) is 6.15. The lowest BCUT2D eigenvalue weighted by molar-refractivity contribution is 0.588. The van der Waals surface area contributed by atoms with Crippen molar-refractivity contribution in [3.63, 3.8) is 0 Å². The summed E-state index contributed by atoms with van der Waals surface area (Å²) in [7, 11) is -3.91. The SMILES string of the molecule is Cc1ccc(S(=O)(=O)n2c(-c3ccccc3)c(I)c(-c3ccccc3)c2-c2ccccc2)cc1. The number of nitrogens with zero attached hydrogens (tertiary/aromatic N) is 1. The number of benzene rings is 4. The summed E-state index contributed by atoms with van der Waals surface area (Å²) in [6.45, 7) is 1.95. The zero-order valence-corrected chi connectivity index (χ0v) is 21.5. The van der Waals surface area contributed by atoms with Gasteiger partial charge in [0.05, 0.1) is 16.3 Å². The predicted molar refractivity (Wildman–Crippen MR) is 147 cm³/mol. The van der Waals surface area contributed by atoms with Crippen molar-refractivity contribution in [1.29, 1.82) is 0 Å². The van der Waals surface area contributed by atoms with Crippen molar-refractivity contribution < 1.29 is 8.42 Å². The first-order valence-electron chi connectivity index (χ1n) is 10.9. The first-order valence-corrected chi connectivity index (χ1v) is 13.4. The van der Waals surface area contributed by atoms with Crippen molar-refractivity contribution in [3.05, 3.63) is 124 Å². The van der Waals surface area contributed by atoms with Gasteiger partial charge in [0.15, 0.2) is 0 Å². The normalized spacial score (nSPS) is 11.5. The molecule has 4 aromatic carbocycles. The summed E-state index contributed by atoms with van der Waals surface area (Å²) < 4.78 is 31.0. The smallest absolute Gasteiger partial charge is 0.232 e. The van der Waals surface area contributed by atoms with E-state index in [0.29, 0.717) is 11.4 Å². The van der Waals surface area contributed by atoms with Crippen molar-refractivity contribution in [2.75, 3.05) is 0 Å². The highest BCUT2D eigenvalue weighted by Crippen LogP contribution is 2.45. The zero-order valence-electron chi connectivity index (χ0n) is 18.5. The quantitative estimate of drug-likeness (QED) is 0.202. The Hall–Kier alpha value is -3.16. The van der Waals surface area contributed by atoms with E-state index < -0.39 is 10.0 Å². The number of hydrogen-bond donors (Lipinski definition) is 0. The molecule has 0 saturated heterocycles. The van der Waals surface area contributed by atoms with Crippen LogP contribution in [0.25, 0.3) is 33.6 Å². The zero-order chi connectivity index (χ0) is 23.7. The molecule has 0 unspecified atom stereocenters. The lowest BCUT2D eigenvalue weighted by Crippen LogP contribution is -2.16. The number of rotatable bonds is 5. The topological polar surface area (TPSA) is 39.1 Å². The number of aryl methyl sites for hydroxylation is 1. The van der Waals surface area contributed by atoms with Crippen molar-refractivity contribution in [2.24, 2.45) is 0 Å². The molecule has 0 aliphatic carbocycles. The third kappa shape index (κ3) is 3.99. The molecule has 3 nitrogen and oxygen atoms in total. The van der Waals surface area contributed by atoms with Gasteiger partial charge in [0, 0.05) is 14.7 Å². The molecule has 168 valence electrons. The molecule has 0 atom stereocenters. The molecule has 0 bridgehead atoms. The van der Waals surface area contributed by atoms with Crippen LogP contribution in [0.2, 0.25) is 0 Å². The maximum Gasteiger partial charge on any atom is 0.268 e. The predicted octanol–water partition coefficient (Wildman–Crippen LogP) is 7.64.